The lowest BCUT2D eigenvalue weighted by Gasteiger charge is -2.12. The number of carbonyl (C=O) groups excluding carboxylic acids is 1. The molecule has 4 aromatic rings. The summed E-state index contributed by atoms with van der Waals surface area (Å²) in [5.74, 6) is -1.53. The molecule has 8 heteroatoms. The number of aromatic carboxylic acids is 1. The summed E-state index contributed by atoms with van der Waals surface area (Å²) in [7, 11) is 1.53. The largest absolute Gasteiger partial charge is 0.497 e. The zero-order valence-corrected chi connectivity index (χ0v) is 20.5. The lowest BCUT2D eigenvalue weighted by Crippen LogP contribution is -2.16. The first kappa shape index (κ1) is 25.4. The molecule has 1 N–H and O–H groups in total. The van der Waals surface area contributed by atoms with Gasteiger partial charge in [0.25, 0.3) is 0 Å². The molecule has 0 aliphatic carbocycles. The quantitative estimate of drug-likeness (QED) is 0.270. The van der Waals surface area contributed by atoms with Crippen molar-refractivity contribution in [1.29, 1.82) is 0 Å². The summed E-state index contributed by atoms with van der Waals surface area (Å²) in [5, 5.41) is 10.3. The molecule has 3 aromatic carbocycles. The highest BCUT2D eigenvalue weighted by molar-refractivity contribution is 6.00. The molecular formula is C29H27NO7. The number of benzene rings is 3. The molecule has 1 heterocycles. The van der Waals surface area contributed by atoms with E-state index in [1.807, 2.05) is 60.7 Å². The van der Waals surface area contributed by atoms with Crippen molar-refractivity contribution in [3.63, 3.8) is 0 Å². The Balaban J connectivity index is 1.90. The summed E-state index contributed by atoms with van der Waals surface area (Å²) < 4.78 is 24.0. The fraction of sp³-hybridized carbons (Fsp3) is 0.172. The van der Waals surface area contributed by atoms with E-state index in [0.717, 1.165) is 11.1 Å². The van der Waals surface area contributed by atoms with Gasteiger partial charge in [-0.25, -0.2) is 9.59 Å². The molecule has 0 aliphatic heterocycles. The number of esters is 1. The van der Waals surface area contributed by atoms with E-state index in [-0.39, 0.29) is 42.7 Å². The summed E-state index contributed by atoms with van der Waals surface area (Å²) >= 11 is 0. The standard InChI is InChI=1S/C29H27NO7/c1-3-35-29(33)25-27(37-19-21-12-8-5-9-13-21)26(36-18-20-10-6-4-7-11-20)24(28(31)32)30(25)22-14-16-23(34-2)17-15-22/h4-17H,3,18-19H2,1-2H3,(H,31,32). The smallest absolute Gasteiger partial charge is 0.359 e. The second kappa shape index (κ2) is 11.8. The Morgan fingerprint density at radius 3 is 1.73 bits per heavy atom. The zero-order chi connectivity index (χ0) is 26.2. The summed E-state index contributed by atoms with van der Waals surface area (Å²) in [6.45, 7) is 1.92. The van der Waals surface area contributed by atoms with E-state index in [0.29, 0.717) is 11.4 Å². The van der Waals surface area contributed by atoms with Crippen LogP contribution in [0, 0.1) is 0 Å². The van der Waals surface area contributed by atoms with Crippen molar-refractivity contribution < 1.29 is 33.6 Å². The van der Waals surface area contributed by atoms with Crippen molar-refractivity contribution in [3.8, 4) is 22.9 Å². The third-order valence-corrected chi connectivity index (χ3v) is 5.54. The number of nitrogens with zero attached hydrogens (tertiary/aromatic N) is 1. The van der Waals surface area contributed by atoms with Crippen LogP contribution in [0.25, 0.3) is 5.69 Å². The molecule has 0 spiro atoms. The van der Waals surface area contributed by atoms with Crippen molar-refractivity contribution >= 4 is 11.9 Å². The Hall–Kier alpha value is -4.72. The molecule has 8 nitrogen and oxygen atoms in total. The Kier molecular flexibility index (Phi) is 8.10. The third-order valence-electron chi connectivity index (χ3n) is 5.54. The number of hydrogen-bond acceptors (Lipinski definition) is 6. The summed E-state index contributed by atoms with van der Waals surface area (Å²) in [6, 6.07) is 25.3. The van der Waals surface area contributed by atoms with E-state index in [1.165, 1.54) is 11.7 Å². The second-order valence-corrected chi connectivity index (χ2v) is 7.96. The van der Waals surface area contributed by atoms with Gasteiger partial charge in [-0.15, -0.1) is 0 Å². The van der Waals surface area contributed by atoms with Gasteiger partial charge in [-0.05, 0) is 42.3 Å². The van der Waals surface area contributed by atoms with Gasteiger partial charge in [0.1, 0.15) is 19.0 Å². The first-order valence-corrected chi connectivity index (χ1v) is 11.7. The second-order valence-electron chi connectivity index (χ2n) is 7.96. The highest BCUT2D eigenvalue weighted by Crippen LogP contribution is 2.42. The van der Waals surface area contributed by atoms with Gasteiger partial charge >= 0.3 is 11.9 Å². The molecule has 0 amide bonds. The molecule has 0 bridgehead atoms. The van der Waals surface area contributed by atoms with Crippen molar-refractivity contribution in [2.24, 2.45) is 0 Å². The maximum atomic E-state index is 13.3. The minimum Gasteiger partial charge on any atom is -0.497 e. The monoisotopic (exact) mass is 501 g/mol. The Labute approximate surface area is 214 Å². The minimum absolute atomic E-state index is 0.00791. The number of hydrogen-bond donors (Lipinski definition) is 1. The summed E-state index contributed by atoms with van der Waals surface area (Å²) in [6.07, 6.45) is 0. The number of ether oxygens (including phenoxy) is 4. The molecule has 0 saturated heterocycles. The van der Waals surface area contributed by atoms with E-state index >= 15 is 0 Å². The predicted octanol–water partition coefficient (Wildman–Crippen LogP) is 5.52. The fourth-order valence-electron chi connectivity index (χ4n) is 3.82. The highest BCUT2D eigenvalue weighted by atomic mass is 16.5. The van der Waals surface area contributed by atoms with E-state index < -0.39 is 11.9 Å². The SMILES string of the molecule is CCOC(=O)c1c(OCc2ccccc2)c(OCc2ccccc2)c(C(=O)O)n1-c1ccc(OC)cc1. The van der Waals surface area contributed by atoms with Crippen LogP contribution >= 0.6 is 0 Å². The molecule has 1 aromatic heterocycles. The number of rotatable bonds is 11. The molecular weight excluding hydrogens is 474 g/mol. The third kappa shape index (κ3) is 5.75. The Morgan fingerprint density at radius 1 is 0.757 bits per heavy atom. The number of carboxylic acids is 1. The molecule has 0 aliphatic rings. The molecule has 4 rings (SSSR count). The molecule has 0 fully saturated rings. The normalized spacial score (nSPS) is 10.5. The van der Waals surface area contributed by atoms with Crippen LogP contribution in [0.5, 0.6) is 17.2 Å². The average molecular weight is 502 g/mol. The molecule has 0 atom stereocenters. The topological polar surface area (TPSA) is 96.2 Å². The van der Waals surface area contributed by atoms with Crippen molar-refractivity contribution in [2.75, 3.05) is 13.7 Å². The molecule has 190 valence electrons. The Bertz CT molecular complexity index is 1350. The van der Waals surface area contributed by atoms with Crippen LogP contribution in [0.1, 0.15) is 39.0 Å². The van der Waals surface area contributed by atoms with Gasteiger partial charge in [0.2, 0.25) is 0 Å². The van der Waals surface area contributed by atoms with Gasteiger partial charge in [0.05, 0.1) is 13.7 Å². The van der Waals surface area contributed by atoms with Crippen LogP contribution < -0.4 is 14.2 Å². The zero-order valence-electron chi connectivity index (χ0n) is 20.5. The molecule has 37 heavy (non-hydrogen) atoms. The van der Waals surface area contributed by atoms with Crippen LogP contribution in [0.15, 0.2) is 84.9 Å². The highest BCUT2D eigenvalue weighted by Gasteiger charge is 2.35. The number of carbonyl (C=O) groups is 2. The first-order valence-electron chi connectivity index (χ1n) is 11.7. The van der Waals surface area contributed by atoms with Crippen LogP contribution in [0.3, 0.4) is 0 Å². The Morgan fingerprint density at radius 2 is 1.27 bits per heavy atom. The molecule has 0 saturated carbocycles. The van der Waals surface area contributed by atoms with E-state index in [4.69, 9.17) is 18.9 Å². The predicted molar refractivity (Wildman–Crippen MR) is 137 cm³/mol. The summed E-state index contributed by atoms with van der Waals surface area (Å²) in [4.78, 5) is 25.9. The fourth-order valence-corrected chi connectivity index (χ4v) is 3.82. The van der Waals surface area contributed by atoms with E-state index in [9.17, 15) is 14.7 Å². The lowest BCUT2D eigenvalue weighted by molar-refractivity contribution is 0.0511. The van der Waals surface area contributed by atoms with Gasteiger partial charge in [-0.3, -0.25) is 4.57 Å². The van der Waals surface area contributed by atoms with E-state index in [2.05, 4.69) is 0 Å². The summed E-state index contributed by atoms with van der Waals surface area (Å²) in [5.41, 5.74) is 1.72. The minimum atomic E-state index is -1.29. The molecule has 0 radical (unpaired) electrons. The van der Waals surface area contributed by atoms with Crippen molar-refractivity contribution in [1.82, 2.24) is 4.57 Å². The first-order chi connectivity index (χ1) is 18.0. The van der Waals surface area contributed by atoms with Crippen LogP contribution in [0.2, 0.25) is 0 Å². The maximum absolute atomic E-state index is 13.3. The van der Waals surface area contributed by atoms with E-state index in [1.54, 1.807) is 31.2 Å². The van der Waals surface area contributed by atoms with Gasteiger partial charge in [0, 0.05) is 5.69 Å². The van der Waals surface area contributed by atoms with Crippen LogP contribution in [-0.2, 0) is 18.0 Å². The average Bonchev–Trinajstić information content (AvgIpc) is 3.26. The number of carboxylic acid groups (broad SMARTS) is 1. The number of methoxy groups -OCH3 is 1. The maximum Gasteiger partial charge on any atom is 0.359 e. The van der Waals surface area contributed by atoms with Gasteiger partial charge in [-0.1, -0.05) is 60.7 Å². The van der Waals surface area contributed by atoms with Crippen LogP contribution in [-0.4, -0.2) is 35.3 Å². The van der Waals surface area contributed by atoms with Crippen LogP contribution in [0.4, 0.5) is 0 Å². The lowest BCUT2D eigenvalue weighted by atomic mass is 10.2. The van der Waals surface area contributed by atoms with Gasteiger partial charge < -0.3 is 24.1 Å². The van der Waals surface area contributed by atoms with Crippen molar-refractivity contribution in [2.45, 2.75) is 20.1 Å². The van der Waals surface area contributed by atoms with Gasteiger partial charge in [0.15, 0.2) is 22.9 Å². The van der Waals surface area contributed by atoms with Crippen molar-refractivity contribution in [3.05, 3.63) is 107 Å². The number of aromatic nitrogens is 1. The van der Waals surface area contributed by atoms with Gasteiger partial charge in [-0.2, -0.15) is 0 Å². The molecule has 0 unspecified atom stereocenters.